The van der Waals surface area contributed by atoms with Gasteiger partial charge in [0.1, 0.15) is 24.6 Å². The first kappa shape index (κ1) is 33.9. The van der Waals surface area contributed by atoms with Gasteiger partial charge in [0.05, 0.1) is 17.1 Å². The molecule has 0 bridgehead atoms. The van der Waals surface area contributed by atoms with Crippen molar-refractivity contribution in [3.05, 3.63) is 69.8 Å². The number of benzene rings is 2. The molecular weight excluding hydrogens is 570 g/mol. The number of non-ortho nitro benzene ring substituents is 1. The minimum Gasteiger partial charge on any atom is -0.491 e. The van der Waals surface area contributed by atoms with E-state index in [1.165, 1.54) is 12.1 Å². The molecule has 1 saturated heterocycles. The van der Waals surface area contributed by atoms with Crippen LogP contribution in [0.3, 0.4) is 0 Å². The summed E-state index contributed by atoms with van der Waals surface area (Å²) in [5.74, 6) is 0.641. The van der Waals surface area contributed by atoms with Gasteiger partial charge in [-0.05, 0) is 80.7 Å². The van der Waals surface area contributed by atoms with Crippen LogP contribution in [-0.4, -0.2) is 61.2 Å². The first-order chi connectivity index (χ1) is 19.9. The van der Waals surface area contributed by atoms with Gasteiger partial charge in [0.2, 0.25) is 0 Å². The second-order valence-electron chi connectivity index (χ2n) is 13.3. The highest BCUT2D eigenvalue weighted by atomic mass is 28.4. The Balaban J connectivity index is 1.52. The summed E-state index contributed by atoms with van der Waals surface area (Å²) in [5.41, 5.74) is 0.859. The summed E-state index contributed by atoms with van der Waals surface area (Å²) in [5, 5.41) is 13.5. The molecule has 43 heavy (non-hydrogen) atoms. The molecule has 1 aliphatic rings. The van der Waals surface area contributed by atoms with Crippen molar-refractivity contribution in [3.63, 3.8) is 0 Å². The molecule has 2 atom stereocenters. The Morgan fingerprint density at radius 3 is 2.16 bits per heavy atom. The summed E-state index contributed by atoms with van der Waals surface area (Å²) in [6, 6.07) is 12.9. The number of ether oxygens (including phenoxy) is 3. The molecule has 1 N–H and O–H groups in total. The molecular formula is C31H45N3O8Si. The zero-order valence-corrected chi connectivity index (χ0v) is 27.5. The molecule has 0 radical (unpaired) electrons. The van der Waals surface area contributed by atoms with Crippen molar-refractivity contribution in [3.8, 4) is 5.75 Å². The van der Waals surface area contributed by atoms with E-state index < -0.39 is 24.9 Å². The summed E-state index contributed by atoms with van der Waals surface area (Å²) in [6.45, 7) is 17.6. The highest BCUT2D eigenvalue weighted by molar-refractivity contribution is 6.74. The Hall–Kier alpha value is -3.64. The summed E-state index contributed by atoms with van der Waals surface area (Å²) < 4.78 is 23.6. The second kappa shape index (κ2) is 13.8. The van der Waals surface area contributed by atoms with Crippen LogP contribution in [0.15, 0.2) is 48.5 Å². The molecule has 2 aromatic carbocycles. The Morgan fingerprint density at radius 1 is 1.00 bits per heavy atom. The molecule has 0 spiro atoms. The van der Waals surface area contributed by atoms with Crippen LogP contribution < -0.4 is 10.1 Å². The van der Waals surface area contributed by atoms with Gasteiger partial charge in [0.15, 0.2) is 8.32 Å². The predicted octanol–water partition coefficient (Wildman–Crippen LogP) is 6.80. The van der Waals surface area contributed by atoms with Gasteiger partial charge in [0, 0.05) is 25.2 Å². The number of nitro benzene ring substituents is 1. The molecule has 2 aromatic rings. The lowest BCUT2D eigenvalue weighted by Gasteiger charge is -2.38. The predicted molar refractivity (Wildman–Crippen MR) is 165 cm³/mol. The number of hydrogen-bond acceptors (Lipinski definition) is 8. The standard InChI is InChI=1S/C31H45N3O8Si/c1-30(2,3)41-29(36)33-19-27(42-43(7,8)31(4,5)6)17-25(33)21-39-26-15-11-22(12-16-26)18-32-28(35)40-20-23-9-13-24(14-10-23)34(37)38/h9-16,25,27H,17-21H2,1-8H3,(H,32,35)/t25-,27+/m0/s1. The van der Waals surface area contributed by atoms with E-state index in [9.17, 15) is 19.7 Å². The summed E-state index contributed by atoms with van der Waals surface area (Å²) in [6.07, 6.45) is -0.396. The fraction of sp³-hybridized carbons (Fsp3) is 0.548. The van der Waals surface area contributed by atoms with Crippen molar-refractivity contribution in [1.29, 1.82) is 0 Å². The number of amides is 2. The van der Waals surface area contributed by atoms with Gasteiger partial charge in [-0.1, -0.05) is 32.9 Å². The fourth-order valence-electron chi connectivity index (χ4n) is 4.24. The number of carbonyl (C=O) groups excluding carboxylic acids is 2. The van der Waals surface area contributed by atoms with Gasteiger partial charge in [-0.25, -0.2) is 9.59 Å². The molecule has 236 valence electrons. The van der Waals surface area contributed by atoms with Crippen molar-refractivity contribution in [2.24, 2.45) is 0 Å². The van der Waals surface area contributed by atoms with Crippen molar-refractivity contribution in [2.75, 3.05) is 13.2 Å². The van der Waals surface area contributed by atoms with Gasteiger partial charge in [-0.3, -0.25) is 15.0 Å². The van der Waals surface area contributed by atoms with Crippen LogP contribution in [0.1, 0.15) is 59.1 Å². The Kier molecular flexibility index (Phi) is 10.8. The first-order valence-corrected chi connectivity index (χ1v) is 17.4. The molecule has 1 heterocycles. The number of nitro groups is 1. The fourth-order valence-corrected chi connectivity index (χ4v) is 5.60. The Labute approximate surface area is 255 Å². The van der Waals surface area contributed by atoms with Crippen molar-refractivity contribution in [1.82, 2.24) is 10.2 Å². The number of alkyl carbamates (subject to hydrolysis) is 1. The molecule has 0 unspecified atom stereocenters. The van der Waals surface area contributed by atoms with E-state index in [1.807, 2.05) is 45.0 Å². The monoisotopic (exact) mass is 615 g/mol. The van der Waals surface area contributed by atoms with E-state index in [0.717, 1.165) is 5.56 Å². The van der Waals surface area contributed by atoms with Gasteiger partial charge in [-0.2, -0.15) is 0 Å². The highest BCUT2D eigenvalue weighted by Gasteiger charge is 2.44. The number of carbonyl (C=O) groups is 2. The minimum absolute atomic E-state index is 0.000127. The van der Waals surface area contributed by atoms with Gasteiger partial charge >= 0.3 is 12.2 Å². The Morgan fingerprint density at radius 2 is 1.60 bits per heavy atom. The maximum Gasteiger partial charge on any atom is 0.410 e. The van der Waals surface area contributed by atoms with Crippen LogP contribution in [-0.2, 0) is 27.1 Å². The SMILES string of the molecule is CC(C)(C)OC(=O)N1C[C@H](O[Si](C)(C)C(C)(C)C)C[C@H]1COc1ccc(CNC(=O)OCc2ccc([N+](=O)[O-])cc2)cc1. The topological polar surface area (TPSA) is 129 Å². The molecule has 2 amide bonds. The van der Waals surface area contributed by atoms with Crippen molar-refractivity contribution >= 4 is 26.2 Å². The molecule has 1 fully saturated rings. The molecule has 1 aliphatic heterocycles. The maximum atomic E-state index is 13.1. The third-order valence-corrected chi connectivity index (χ3v) is 12.1. The lowest BCUT2D eigenvalue weighted by molar-refractivity contribution is -0.384. The average Bonchev–Trinajstić information content (AvgIpc) is 3.31. The van der Waals surface area contributed by atoms with Gasteiger partial charge < -0.3 is 24.0 Å². The number of hydrogen-bond donors (Lipinski definition) is 1. The van der Waals surface area contributed by atoms with E-state index in [2.05, 4.69) is 39.2 Å². The van der Waals surface area contributed by atoms with Crippen molar-refractivity contribution in [2.45, 2.75) is 97.0 Å². The lowest BCUT2D eigenvalue weighted by atomic mass is 10.2. The average molecular weight is 616 g/mol. The minimum atomic E-state index is -2.03. The molecule has 3 rings (SSSR count). The van der Waals surface area contributed by atoms with E-state index in [4.69, 9.17) is 18.6 Å². The second-order valence-corrected chi connectivity index (χ2v) is 18.1. The number of rotatable bonds is 10. The number of likely N-dealkylation sites (tertiary alicyclic amines) is 1. The normalized spacial score (nSPS) is 17.3. The summed E-state index contributed by atoms with van der Waals surface area (Å²) in [7, 11) is -2.03. The third kappa shape index (κ3) is 10.2. The van der Waals surface area contributed by atoms with E-state index in [0.29, 0.717) is 30.9 Å². The van der Waals surface area contributed by atoms with Crippen LogP contribution in [0, 0.1) is 10.1 Å². The van der Waals surface area contributed by atoms with Gasteiger partial charge in [0.25, 0.3) is 5.69 Å². The number of nitrogens with one attached hydrogen (secondary N) is 1. The summed E-state index contributed by atoms with van der Waals surface area (Å²) >= 11 is 0. The van der Waals surface area contributed by atoms with Crippen LogP contribution in [0.2, 0.25) is 18.1 Å². The molecule has 0 aromatic heterocycles. The largest absolute Gasteiger partial charge is 0.491 e. The zero-order valence-electron chi connectivity index (χ0n) is 26.5. The van der Waals surface area contributed by atoms with Crippen LogP contribution in [0.25, 0.3) is 0 Å². The van der Waals surface area contributed by atoms with Crippen LogP contribution in [0.4, 0.5) is 15.3 Å². The van der Waals surface area contributed by atoms with E-state index in [-0.39, 0.29) is 42.1 Å². The quantitative estimate of drug-likeness (QED) is 0.176. The maximum absolute atomic E-state index is 13.1. The third-order valence-electron chi connectivity index (χ3n) is 7.59. The van der Waals surface area contributed by atoms with Crippen LogP contribution in [0.5, 0.6) is 5.75 Å². The molecule has 11 nitrogen and oxygen atoms in total. The molecule has 12 heteroatoms. The lowest BCUT2D eigenvalue weighted by Crippen LogP contribution is -2.45. The van der Waals surface area contributed by atoms with Crippen molar-refractivity contribution < 1.29 is 33.1 Å². The van der Waals surface area contributed by atoms with Gasteiger partial charge in [-0.15, -0.1) is 0 Å². The number of nitrogens with zero attached hydrogens (tertiary/aromatic N) is 2. The zero-order chi connectivity index (χ0) is 32.0. The summed E-state index contributed by atoms with van der Waals surface area (Å²) in [4.78, 5) is 37.2. The highest BCUT2D eigenvalue weighted by Crippen LogP contribution is 2.39. The van der Waals surface area contributed by atoms with E-state index >= 15 is 0 Å². The smallest absolute Gasteiger partial charge is 0.410 e. The Bertz CT molecular complexity index is 1250. The first-order valence-electron chi connectivity index (χ1n) is 14.5. The molecule has 0 saturated carbocycles. The van der Waals surface area contributed by atoms with Crippen LogP contribution >= 0.6 is 0 Å². The van der Waals surface area contributed by atoms with E-state index in [1.54, 1.807) is 17.0 Å². The molecule has 0 aliphatic carbocycles.